The lowest BCUT2D eigenvalue weighted by atomic mass is 10.1. The molecule has 0 rings (SSSR count). The van der Waals surface area contributed by atoms with Crippen molar-refractivity contribution in [1.29, 1.82) is 0 Å². The molecule has 0 radical (unpaired) electrons. The van der Waals surface area contributed by atoms with Gasteiger partial charge in [-0.15, -0.1) is 0 Å². The Bertz CT molecular complexity index is 408. The molecule has 0 heterocycles. The van der Waals surface area contributed by atoms with Crippen LogP contribution in [0.15, 0.2) is 0 Å². The van der Waals surface area contributed by atoms with Gasteiger partial charge in [-0.3, -0.25) is 4.79 Å². The van der Waals surface area contributed by atoms with Crippen LogP contribution in [0.2, 0.25) is 0 Å². The molecule has 6 heteroatoms. The predicted molar refractivity (Wildman–Crippen MR) is 119 cm³/mol. The molecular formula is C23H46N2O4. The molecule has 0 bridgehead atoms. The first-order chi connectivity index (χ1) is 13.8. The van der Waals surface area contributed by atoms with E-state index >= 15 is 0 Å². The Kier molecular flexibility index (Phi) is 17.9. The molecule has 0 aromatic carbocycles. The van der Waals surface area contributed by atoms with Gasteiger partial charge in [-0.2, -0.15) is 0 Å². The molecule has 29 heavy (non-hydrogen) atoms. The summed E-state index contributed by atoms with van der Waals surface area (Å²) in [5.41, 5.74) is -0.458. The Balaban J connectivity index is 3.28. The maximum absolute atomic E-state index is 11.7. The number of esters is 1. The minimum Gasteiger partial charge on any atom is -0.466 e. The van der Waals surface area contributed by atoms with Crippen molar-refractivity contribution in [2.24, 2.45) is 0 Å². The number of nitrogens with one attached hydrogen (secondary N) is 2. The quantitative estimate of drug-likeness (QED) is 0.234. The number of hydrogen-bond donors (Lipinski definition) is 2. The van der Waals surface area contributed by atoms with E-state index in [1.807, 2.05) is 20.8 Å². The average molecular weight is 415 g/mol. The van der Waals surface area contributed by atoms with Crippen LogP contribution in [0.25, 0.3) is 0 Å². The number of rotatable bonds is 18. The summed E-state index contributed by atoms with van der Waals surface area (Å²) >= 11 is 0. The summed E-state index contributed by atoms with van der Waals surface area (Å²) in [6, 6.07) is 0. The van der Waals surface area contributed by atoms with E-state index in [1.54, 1.807) is 0 Å². The van der Waals surface area contributed by atoms with Crippen LogP contribution in [0.1, 0.15) is 105 Å². The van der Waals surface area contributed by atoms with Crippen molar-refractivity contribution in [2.75, 3.05) is 26.2 Å². The van der Waals surface area contributed by atoms with E-state index in [0.717, 1.165) is 45.2 Å². The van der Waals surface area contributed by atoms with Crippen LogP contribution in [0.5, 0.6) is 0 Å². The summed E-state index contributed by atoms with van der Waals surface area (Å²) in [5.74, 6) is -0.0868. The zero-order valence-electron chi connectivity index (χ0n) is 19.4. The molecule has 0 fully saturated rings. The second-order valence-electron chi connectivity index (χ2n) is 8.68. The third-order valence-corrected chi connectivity index (χ3v) is 4.44. The zero-order valence-corrected chi connectivity index (χ0v) is 19.4. The van der Waals surface area contributed by atoms with Gasteiger partial charge in [0, 0.05) is 13.0 Å². The molecule has 1 amide bonds. The van der Waals surface area contributed by atoms with E-state index in [2.05, 4.69) is 17.6 Å². The van der Waals surface area contributed by atoms with Crippen molar-refractivity contribution in [1.82, 2.24) is 10.6 Å². The monoisotopic (exact) mass is 414 g/mol. The van der Waals surface area contributed by atoms with Crippen molar-refractivity contribution < 1.29 is 19.1 Å². The molecule has 0 spiro atoms. The van der Waals surface area contributed by atoms with E-state index in [4.69, 9.17) is 9.47 Å². The second kappa shape index (κ2) is 18.7. The van der Waals surface area contributed by atoms with Crippen LogP contribution in [0.3, 0.4) is 0 Å². The number of unbranched alkanes of at least 4 members (excludes halogenated alkanes) is 8. The zero-order chi connectivity index (χ0) is 21.8. The Morgan fingerprint density at radius 2 is 1.34 bits per heavy atom. The maximum Gasteiger partial charge on any atom is 0.407 e. The van der Waals surface area contributed by atoms with Gasteiger partial charge in [0.2, 0.25) is 0 Å². The molecule has 0 aliphatic rings. The molecule has 172 valence electrons. The van der Waals surface area contributed by atoms with Crippen molar-refractivity contribution in [3.8, 4) is 0 Å². The Hall–Kier alpha value is -1.30. The number of carbonyl (C=O) groups excluding carboxylic acids is 2. The van der Waals surface area contributed by atoms with Crippen LogP contribution in [-0.4, -0.2) is 43.9 Å². The first kappa shape index (κ1) is 27.7. The number of carbonyl (C=O) groups is 2. The topological polar surface area (TPSA) is 76.7 Å². The SMILES string of the molecule is CCCCCCCCCCOC(=O)CCCNCCCCNC(=O)OC(C)(C)C. The highest BCUT2D eigenvalue weighted by Crippen LogP contribution is 2.08. The Morgan fingerprint density at radius 1 is 0.759 bits per heavy atom. The number of alkyl carbamates (subject to hydrolysis) is 1. The van der Waals surface area contributed by atoms with Crippen LogP contribution in [-0.2, 0) is 14.3 Å². The highest BCUT2D eigenvalue weighted by atomic mass is 16.6. The number of hydrogen-bond acceptors (Lipinski definition) is 5. The largest absolute Gasteiger partial charge is 0.466 e. The molecule has 2 N–H and O–H groups in total. The van der Waals surface area contributed by atoms with Crippen LogP contribution < -0.4 is 10.6 Å². The van der Waals surface area contributed by atoms with E-state index in [9.17, 15) is 9.59 Å². The van der Waals surface area contributed by atoms with Gasteiger partial charge in [0.05, 0.1) is 6.61 Å². The van der Waals surface area contributed by atoms with Gasteiger partial charge in [0.15, 0.2) is 0 Å². The van der Waals surface area contributed by atoms with Gasteiger partial charge in [-0.25, -0.2) is 4.79 Å². The smallest absolute Gasteiger partial charge is 0.407 e. The molecule has 6 nitrogen and oxygen atoms in total. The van der Waals surface area contributed by atoms with E-state index in [0.29, 0.717) is 19.6 Å². The van der Waals surface area contributed by atoms with Gasteiger partial charge < -0.3 is 20.1 Å². The molecule has 0 aromatic rings. The summed E-state index contributed by atoms with van der Waals surface area (Å²) in [4.78, 5) is 23.2. The summed E-state index contributed by atoms with van der Waals surface area (Å²) in [7, 11) is 0. The Labute approximate surface area is 178 Å². The highest BCUT2D eigenvalue weighted by molar-refractivity contribution is 5.69. The third-order valence-electron chi connectivity index (χ3n) is 4.44. The lowest BCUT2D eigenvalue weighted by Crippen LogP contribution is -2.33. The normalized spacial score (nSPS) is 11.3. The molecule has 0 aliphatic heterocycles. The van der Waals surface area contributed by atoms with E-state index in [-0.39, 0.29) is 12.1 Å². The number of ether oxygens (including phenoxy) is 2. The minimum atomic E-state index is -0.458. The molecule has 0 aromatic heterocycles. The fourth-order valence-corrected chi connectivity index (χ4v) is 2.86. The summed E-state index contributed by atoms with van der Waals surface area (Å²) < 4.78 is 10.5. The van der Waals surface area contributed by atoms with Crippen molar-refractivity contribution in [3.05, 3.63) is 0 Å². The lowest BCUT2D eigenvalue weighted by Gasteiger charge is -2.19. The summed E-state index contributed by atoms with van der Waals surface area (Å²) in [6.07, 6.45) is 12.8. The van der Waals surface area contributed by atoms with Crippen molar-refractivity contribution >= 4 is 12.1 Å². The molecule has 0 atom stereocenters. The lowest BCUT2D eigenvalue weighted by molar-refractivity contribution is -0.143. The van der Waals surface area contributed by atoms with Crippen molar-refractivity contribution in [2.45, 2.75) is 110 Å². The maximum atomic E-state index is 11.7. The molecule has 0 saturated carbocycles. The first-order valence-corrected chi connectivity index (χ1v) is 11.7. The fraction of sp³-hybridized carbons (Fsp3) is 0.913. The van der Waals surface area contributed by atoms with Crippen molar-refractivity contribution in [3.63, 3.8) is 0 Å². The molecule has 0 aliphatic carbocycles. The first-order valence-electron chi connectivity index (χ1n) is 11.7. The van der Waals surface area contributed by atoms with Gasteiger partial charge in [-0.1, -0.05) is 51.9 Å². The van der Waals surface area contributed by atoms with Gasteiger partial charge >= 0.3 is 12.1 Å². The van der Waals surface area contributed by atoms with E-state index < -0.39 is 5.60 Å². The van der Waals surface area contributed by atoms with Gasteiger partial charge in [0.25, 0.3) is 0 Å². The molecule has 0 saturated heterocycles. The third kappa shape index (κ3) is 22.8. The van der Waals surface area contributed by atoms with Crippen LogP contribution >= 0.6 is 0 Å². The average Bonchev–Trinajstić information content (AvgIpc) is 2.64. The van der Waals surface area contributed by atoms with Gasteiger partial charge in [-0.05, 0) is 59.5 Å². The minimum absolute atomic E-state index is 0.0868. The Morgan fingerprint density at radius 3 is 2.00 bits per heavy atom. The molecular weight excluding hydrogens is 368 g/mol. The second-order valence-corrected chi connectivity index (χ2v) is 8.68. The standard InChI is InChI=1S/C23H46N2O4/c1-5-6-7-8-9-10-11-14-20-28-21(26)16-15-18-24-17-12-13-19-25-22(27)29-23(2,3)4/h24H,5-20H2,1-4H3,(H,25,27). The predicted octanol–water partition coefficient (Wildman–Crippen LogP) is 5.35. The van der Waals surface area contributed by atoms with Crippen LogP contribution in [0.4, 0.5) is 4.79 Å². The van der Waals surface area contributed by atoms with E-state index in [1.165, 1.54) is 38.5 Å². The summed E-state index contributed by atoms with van der Waals surface area (Å²) in [6.45, 7) is 10.6. The molecule has 0 unspecified atom stereocenters. The fourth-order valence-electron chi connectivity index (χ4n) is 2.86. The van der Waals surface area contributed by atoms with Gasteiger partial charge in [0.1, 0.15) is 5.60 Å². The number of amides is 1. The highest BCUT2D eigenvalue weighted by Gasteiger charge is 2.15. The summed E-state index contributed by atoms with van der Waals surface area (Å²) in [5, 5.41) is 6.07. The van der Waals surface area contributed by atoms with Crippen LogP contribution in [0, 0.1) is 0 Å².